The molecule has 1 aromatic heterocycles. The van der Waals surface area contributed by atoms with Gasteiger partial charge in [-0.25, -0.2) is 0 Å². The third-order valence-electron chi connectivity index (χ3n) is 2.42. The minimum Gasteiger partial charge on any atom is -0.385 e. The van der Waals surface area contributed by atoms with Gasteiger partial charge >= 0.3 is 0 Å². The Morgan fingerprint density at radius 2 is 2.12 bits per heavy atom. The molecule has 0 bridgehead atoms. The summed E-state index contributed by atoms with van der Waals surface area (Å²) in [6, 6.07) is 11.8. The summed E-state index contributed by atoms with van der Waals surface area (Å²) >= 11 is 0. The van der Waals surface area contributed by atoms with Crippen LogP contribution in [0.4, 0.5) is 0 Å². The lowest BCUT2D eigenvalue weighted by molar-refractivity contribution is 0.173. The number of likely N-dealkylation sites (N-methyl/N-ethyl adjacent to an activating group) is 1. The molecule has 1 atom stereocenters. The van der Waals surface area contributed by atoms with E-state index in [1.807, 2.05) is 36.4 Å². The average Bonchev–Trinajstić information content (AvgIpc) is 2.80. The van der Waals surface area contributed by atoms with Gasteiger partial charge < -0.3 is 10.4 Å². The molecule has 0 radical (unpaired) electrons. The van der Waals surface area contributed by atoms with Crippen LogP contribution in [0.5, 0.6) is 0 Å². The van der Waals surface area contributed by atoms with E-state index in [0.29, 0.717) is 6.54 Å². The largest absolute Gasteiger partial charge is 0.385 e. The van der Waals surface area contributed by atoms with Gasteiger partial charge in [0.2, 0.25) is 0 Å². The molecule has 84 valence electrons. The maximum Gasteiger partial charge on any atom is 0.108 e. The van der Waals surface area contributed by atoms with Crippen LogP contribution in [0.3, 0.4) is 0 Å². The van der Waals surface area contributed by atoms with Gasteiger partial charge in [0.1, 0.15) is 6.10 Å². The second kappa shape index (κ2) is 4.92. The zero-order chi connectivity index (χ0) is 11.4. The lowest BCUT2D eigenvalue weighted by Crippen LogP contribution is -2.16. The van der Waals surface area contributed by atoms with Gasteiger partial charge in [0, 0.05) is 12.1 Å². The van der Waals surface area contributed by atoms with Gasteiger partial charge in [0.05, 0.1) is 11.4 Å². The van der Waals surface area contributed by atoms with E-state index in [9.17, 15) is 5.11 Å². The molecular formula is C12H15N3O. The Hall–Kier alpha value is -1.65. The van der Waals surface area contributed by atoms with Gasteiger partial charge in [-0.3, -0.25) is 5.10 Å². The summed E-state index contributed by atoms with van der Waals surface area (Å²) in [7, 11) is 1.80. The van der Waals surface area contributed by atoms with E-state index in [1.165, 1.54) is 0 Å². The monoisotopic (exact) mass is 217 g/mol. The summed E-state index contributed by atoms with van der Waals surface area (Å²) < 4.78 is 0. The molecule has 0 aliphatic carbocycles. The summed E-state index contributed by atoms with van der Waals surface area (Å²) in [6.07, 6.45) is -0.546. The van der Waals surface area contributed by atoms with Crippen LogP contribution in [0, 0.1) is 0 Å². The van der Waals surface area contributed by atoms with Crippen LogP contribution >= 0.6 is 0 Å². The third kappa shape index (κ3) is 2.29. The van der Waals surface area contributed by atoms with E-state index < -0.39 is 6.10 Å². The van der Waals surface area contributed by atoms with Crippen LogP contribution in [-0.2, 0) is 0 Å². The predicted molar refractivity (Wildman–Crippen MR) is 62.9 cm³/mol. The number of aromatic nitrogens is 2. The smallest absolute Gasteiger partial charge is 0.108 e. The Morgan fingerprint density at radius 3 is 2.81 bits per heavy atom. The van der Waals surface area contributed by atoms with E-state index in [2.05, 4.69) is 15.5 Å². The highest BCUT2D eigenvalue weighted by Crippen LogP contribution is 2.19. The van der Waals surface area contributed by atoms with Crippen molar-refractivity contribution in [3.8, 4) is 11.3 Å². The fraction of sp³-hybridized carbons (Fsp3) is 0.250. The quantitative estimate of drug-likeness (QED) is 0.724. The third-order valence-corrected chi connectivity index (χ3v) is 2.42. The van der Waals surface area contributed by atoms with Crippen LogP contribution in [0.15, 0.2) is 36.4 Å². The molecule has 0 saturated carbocycles. The zero-order valence-corrected chi connectivity index (χ0v) is 9.14. The number of aromatic amines is 1. The number of nitrogens with zero attached hydrogens (tertiary/aromatic N) is 1. The fourth-order valence-corrected chi connectivity index (χ4v) is 1.57. The molecule has 2 aromatic rings. The summed E-state index contributed by atoms with van der Waals surface area (Å²) in [6.45, 7) is 0.510. The van der Waals surface area contributed by atoms with Crippen molar-refractivity contribution in [1.82, 2.24) is 15.5 Å². The summed E-state index contributed by atoms with van der Waals surface area (Å²) in [5.41, 5.74) is 2.63. The fourth-order valence-electron chi connectivity index (χ4n) is 1.57. The van der Waals surface area contributed by atoms with Crippen molar-refractivity contribution in [3.63, 3.8) is 0 Å². The Kier molecular flexibility index (Phi) is 3.34. The second-order valence-electron chi connectivity index (χ2n) is 3.65. The molecule has 0 saturated heterocycles. The van der Waals surface area contributed by atoms with Crippen LogP contribution in [0.25, 0.3) is 11.3 Å². The first-order valence-electron chi connectivity index (χ1n) is 5.24. The number of rotatable bonds is 4. The first-order valence-corrected chi connectivity index (χ1v) is 5.24. The summed E-state index contributed by atoms with van der Waals surface area (Å²) in [5, 5.41) is 19.7. The SMILES string of the molecule is CNCC(O)c1cc(-c2ccccc2)n[nH]1. The highest BCUT2D eigenvalue weighted by molar-refractivity contribution is 5.58. The zero-order valence-electron chi connectivity index (χ0n) is 9.14. The molecule has 0 aliphatic heterocycles. The van der Waals surface area contributed by atoms with Crippen molar-refractivity contribution in [2.45, 2.75) is 6.10 Å². The number of benzene rings is 1. The molecule has 1 unspecified atom stereocenters. The standard InChI is InChI=1S/C12H15N3O/c1-13-8-12(16)11-7-10(14-15-11)9-5-3-2-4-6-9/h2-7,12-13,16H,8H2,1H3,(H,14,15). The summed E-state index contributed by atoms with van der Waals surface area (Å²) in [5.74, 6) is 0. The summed E-state index contributed by atoms with van der Waals surface area (Å²) in [4.78, 5) is 0. The van der Waals surface area contributed by atoms with Crippen molar-refractivity contribution in [2.24, 2.45) is 0 Å². The molecule has 0 fully saturated rings. The topological polar surface area (TPSA) is 60.9 Å². The number of hydrogen-bond acceptors (Lipinski definition) is 3. The van der Waals surface area contributed by atoms with Crippen molar-refractivity contribution in [1.29, 1.82) is 0 Å². The number of aliphatic hydroxyl groups excluding tert-OH is 1. The van der Waals surface area contributed by atoms with Gasteiger partial charge in [0.25, 0.3) is 0 Å². The van der Waals surface area contributed by atoms with Crippen molar-refractivity contribution in [2.75, 3.05) is 13.6 Å². The van der Waals surface area contributed by atoms with Crippen molar-refractivity contribution < 1.29 is 5.11 Å². The molecule has 0 spiro atoms. The van der Waals surface area contributed by atoms with Crippen LogP contribution in [0.2, 0.25) is 0 Å². The lowest BCUT2D eigenvalue weighted by Gasteiger charge is -2.05. The molecule has 1 aromatic carbocycles. The number of aliphatic hydroxyl groups is 1. The molecule has 2 rings (SSSR count). The van der Waals surface area contributed by atoms with Crippen molar-refractivity contribution >= 4 is 0 Å². The Morgan fingerprint density at radius 1 is 1.38 bits per heavy atom. The van der Waals surface area contributed by atoms with Gasteiger partial charge in [-0.15, -0.1) is 0 Å². The Balaban J connectivity index is 2.20. The Bertz CT molecular complexity index is 439. The van der Waals surface area contributed by atoms with Gasteiger partial charge in [-0.05, 0) is 13.1 Å². The molecule has 0 amide bonds. The second-order valence-corrected chi connectivity index (χ2v) is 3.65. The molecule has 16 heavy (non-hydrogen) atoms. The Labute approximate surface area is 94.3 Å². The highest BCUT2D eigenvalue weighted by Gasteiger charge is 2.10. The minimum absolute atomic E-state index is 0.510. The average molecular weight is 217 g/mol. The van der Waals surface area contributed by atoms with E-state index in [0.717, 1.165) is 17.0 Å². The normalized spacial score (nSPS) is 12.6. The highest BCUT2D eigenvalue weighted by atomic mass is 16.3. The molecule has 1 heterocycles. The maximum atomic E-state index is 9.75. The number of nitrogens with one attached hydrogen (secondary N) is 2. The molecule has 3 N–H and O–H groups in total. The molecular weight excluding hydrogens is 202 g/mol. The van der Waals surface area contributed by atoms with E-state index in [1.54, 1.807) is 7.05 Å². The first kappa shape index (κ1) is 10.9. The molecule has 4 heteroatoms. The van der Waals surface area contributed by atoms with Gasteiger partial charge in [0.15, 0.2) is 0 Å². The molecule has 4 nitrogen and oxygen atoms in total. The maximum absolute atomic E-state index is 9.75. The van der Waals surface area contributed by atoms with Crippen LogP contribution < -0.4 is 5.32 Å². The lowest BCUT2D eigenvalue weighted by atomic mass is 10.1. The van der Waals surface area contributed by atoms with E-state index >= 15 is 0 Å². The first-order chi connectivity index (χ1) is 7.81. The minimum atomic E-state index is -0.546. The predicted octanol–water partition coefficient (Wildman–Crippen LogP) is 1.33. The van der Waals surface area contributed by atoms with Crippen molar-refractivity contribution in [3.05, 3.63) is 42.1 Å². The van der Waals surface area contributed by atoms with E-state index in [4.69, 9.17) is 0 Å². The van der Waals surface area contributed by atoms with Crippen LogP contribution in [-0.4, -0.2) is 28.9 Å². The number of H-pyrrole nitrogens is 1. The molecule has 0 aliphatic rings. The van der Waals surface area contributed by atoms with E-state index in [-0.39, 0.29) is 0 Å². The number of hydrogen-bond donors (Lipinski definition) is 3. The van der Waals surface area contributed by atoms with Gasteiger partial charge in [-0.1, -0.05) is 30.3 Å². The van der Waals surface area contributed by atoms with Crippen LogP contribution in [0.1, 0.15) is 11.8 Å². The van der Waals surface area contributed by atoms with Gasteiger partial charge in [-0.2, -0.15) is 5.10 Å².